The van der Waals surface area contributed by atoms with E-state index in [-0.39, 0.29) is 24.4 Å². The topological polar surface area (TPSA) is 49.9 Å². The molecule has 3 aromatic rings. The molecule has 2 amide bonds. The third kappa shape index (κ3) is 5.02. The molecular formula is C27H30N2O3S. The predicted octanol–water partition coefficient (Wildman–Crippen LogP) is 4.63. The van der Waals surface area contributed by atoms with Crippen LogP contribution < -0.4 is 0 Å². The zero-order valence-corrected chi connectivity index (χ0v) is 20.2. The quantitative estimate of drug-likeness (QED) is 0.515. The van der Waals surface area contributed by atoms with Crippen LogP contribution in [-0.2, 0) is 16.0 Å². The maximum Gasteiger partial charge on any atom is 0.254 e. The minimum absolute atomic E-state index is 0.0262. The molecule has 1 atom stereocenters. The molecule has 1 aromatic heterocycles. The van der Waals surface area contributed by atoms with E-state index in [4.69, 9.17) is 4.74 Å². The number of methoxy groups -OCH3 is 1. The highest BCUT2D eigenvalue weighted by molar-refractivity contribution is 7.10. The number of hydrogen-bond donors (Lipinski definition) is 0. The van der Waals surface area contributed by atoms with E-state index in [0.717, 1.165) is 17.5 Å². The number of rotatable bonds is 7. The Morgan fingerprint density at radius 1 is 1.09 bits per heavy atom. The van der Waals surface area contributed by atoms with Crippen LogP contribution in [0.3, 0.4) is 0 Å². The van der Waals surface area contributed by atoms with Crippen molar-refractivity contribution in [1.29, 1.82) is 0 Å². The Bertz CT molecular complexity index is 1120. The van der Waals surface area contributed by atoms with Crippen LogP contribution >= 0.6 is 11.3 Å². The maximum absolute atomic E-state index is 13.7. The molecule has 0 radical (unpaired) electrons. The molecule has 0 bridgehead atoms. The number of amides is 2. The van der Waals surface area contributed by atoms with Crippen LogP contribution in [0.2, 0.25) is 0 Å². The molecule has 0 fully saturated rings. The summed E-state index contributed by atoms with van der Waals surface area (Å²) in [7, 11) is 1.61. The smallest absolute Gasteiger partial charge is 0.254 e. The molecular weight excluding hydrogens is 432 g/mol. The standard InChI is InChI=1S/C27H30N2O3S/c1-19-8-10-21(11-9-19)26-23-13-17-33-24(23)12-14-29(26)25(30)18-28(15-16-32-3)27(31)22-7-5-4-6-20(22)2/h4-11,13,17,26H,12,14-16,18H2,1-3H3. The van der Waals surface area contributed by atoms with E-state index >= 15 is 0 Å². The van der Waals surface area contributed by atoms with Gasteiger partial charge in [-0.3, -0.25) is 9.59 Å². The van der Waals surface area contributed by atoms with Gasteiger partial charge in [-0.15, -0.1) is 11.3 Å². The molecule has 0 aliphatic carbocycles. The van der Waals surface area contributed by atoms with Gasteiger partial charge in [0.05, 0.1) is 12.6 Å². The van der Waals surface area contributed by atoms with E-state index in [2.05, 4.69) is 42.6 Å². The molecule has 2 aromatic carbocycles. The molecule has 5 nitrogen and oxygen atoms in total. The lowest BCUT2D eigenvalue weighted by Crippen LogP contribution is -2.47. The number of nitrogens with zero attached hydrogens (tertiary/aromatic N) is 2. The highest BCUT2D eigenvalue weighted by Crippen LogP contribution is 2.38. The molecule has 0 N–H and O–H groups in total. The fourth-order valence-corrected chi connectivity index (χ4v) is 5.29. The zero-order chi connectivity index (χ0) is 23.4. The van der Waals surface area contributed by atoms with Crippen molar-refractivity contribution in [3.63, 3.8) is 0 Å². The zero-order valence-electron chi connectivity index (χ0n) is 19.4. The van der Waals surface area contributed by atoms with E-state index in [0.29, 0.717) is 25.3 Å². The van der Waals surface area contributed by atoms with Gasteiger partial charge in [0.1, 0.15) is 6.54 Å². The third-order valence-corrected chi connectivity index (χ3v) is 7.23. The molecule has 1 aliphatic rings. The first-order chi connectivity index (χ1) is 16.0. The molecule has 172 valence electrons. The molecule has 0 spiro atoms. The molecule has 4 rings (SSSR count). The Labute approximate surface area is 199 Å². The summed E-state index contributed by atoms with van der Waals surface area (Å²) >= 11 is 1.75. The van der Waals surface area contributed by atoms with Crippen LogP contribution in [0.15, 0.2) is 60.0 Å². The minimum Gasteiger partial charge on any atom is -0.383 e. The molecule has 6 heteroatoms. The Hall–Kier alpha value is -2.96. The summed E-state index contributed by atoms with van der Waals surface area (Å²) in [6, 6.07) is 17.9. The Kier molecular flexibility index (Phi) is 7.26. The number of carbonyl (C=O) groups excluding carboxylic acids is 2. The molecule has 1 aliphatic heterocycles. The van der Waals surface area contributed by atoms with Gasteiger partial charge in [-0.2, -0.15) is 0 Å². The van der Waals surface area contributed by atoms with Crippen molar-refractivity contribution in [2.45, 2.75) is 26.3 Å². The Morgan fingerprint density at radius 3 is 2.58 bits per heavy atom. The largest absolute Gasteiger partial charge is 0.383 e. The van der Waals surface area contributed by atoms with Gasteiger partial charge in [-0.05, 0) is 54.5 Å². The normalized spacial score (nSPS) is 15.2. The van der Waals surface area contributed by atoms with Crippen molar-refractivity contribution in [3.05, 3.63) is 92.7 Å². The van der Waals surface area contributed by atoms with Crippen LogP contribution in [0, 0.1) is 13.8 Å². The summed E-state index contributed by atoms with van der Waals surface area (Å²) in [4.78, 5) is 31.9. The van der Waals surface area contributed by atoms with Gasteiger partial charge in [0.15, 0.2) is 0 Å². The summed E-state index contributed by atoms with van der Waals surface area (Å²) < 4.78 is 5.24. The second-order valence-corrected chi connectivity index (χ2v) is 9.48. The van der Waals surface area contributed by atoms with E-state index in [1.54, 1.807) is 23.3 Å². The van der Waals surface area contributed by atoms with E-state index in [1.807, 2.05) is 36.1 Å². The lowest BCUT2D eigenvalue weighted by atomic mass is 9.92. The van der Waals surface area contributed by atoms with Gasteiger partial charge < -0.3 is 14.5 Å². The second-order valence-electron chi connectivity index (χ2n) is 8.48. The van der Waals surface area contributed by atoms with Crippen LogP contribution in [0.5, 0.6) is 0 Å². The van der Waals surface area contributed by atoms with E-state index in [9.17, 15) is 9.59 Å². The number of fused-ring (bicyclic) bond motifs is 1. The van der Waals surface area contributed by atoms with Gasteiger partial charge in [0, 0.05) is 30.6 Å². The van der Waals surface area contributed by atoms with Crippen molar-refractivity contribution < 1.29 is 14.3 Å². The number of benzene rings is 2. The molecule has 0 saturated carbocycles. The van der Waals surface area contributed by atoms with Crippen LogP contribution in [0.1, 0.15) is 43.5 Å². The predicted molar refractivity (Wildman–Crippen MR) is 132 cm³/mol. The van der Waals surface area contributed by atoms with Crippen LogP contribution in [0.4, 0.5) is 0 Å². The van der Waals surface area contributed by atoms with E-state index < -0.39 is 0 Å². The molecule has 2 heterocycles. The summed E-state index contributed by atoms with van der Waals surface area (Å²) in [5.41, 5.74) is 5.00. The lowest BCUT2D eigenvalue weighted by molar-refractivity contribution is -0.134. The number of carbonyl (C=O) groups is 2. The Morgan fingerprint density at radius 2 is 1.85 bits per heavy atom. The summed E-state index contributed by atoms with van der Waals surface area (Å²) in [6.07, 6.45) is 0.838. The van der Waals surface area contributed by atoms with Gasteiger partial charge in [-0.25, -0.2) is 0 Å². The van der Waals surface area contributed by atoms with Crippen LogP contribution in [0.25, 0.3) is 0 Å². The first-order valence-electron chi connectivity index (χ1n) is 11.3. The molecule has 0 saturated heterocycles. The molecule has 1 unspecified atom stereocenters. The fraction of sp³-hybridized carbons (Fsp3) is 0.333. The third-order valence-electron chi connectivity index (χ3n) is 6.23. The van der Waals surface area contributed by atoms with Crippen molar-refractivity contribution >= 4 is 23.2 Å². The van der Waals surface area contributed by atoms with Gasteiger partial charge in [0.25, 0.3) is 5.91 Å². The van der Waals surface area contributed by atoms with Crippen molar-refractivity contribution in [3.8, 4) is 0 Å². The van der Waals surface area contributed by atoms with Gasteiger partial charge in [0.2, 0.25) is 5.91 Å². The van der Waals surface area contributed by atoms with Gasteiger partial charge in [-0.1, -0.05) is 48.0 Å². The van der Waals surface area contributed by atoms with Crippen molar-refractivity contribution in [1.82, 2.24) is 9.80 Å². The first-order valence-corrected chi connectivity index (χ1v) is 12.1. The molecule has 33 heavy (non-hydrogen) atoms. The minimum atomic E-state index is -0.140. The fourth-order valence-electron chi connectivity index (χ4n) is 4.38. The van der Waals surface area contributed by atoms with Crippen LogP contribution in [-0.4, -0.2) is 55.0 Å². The maximum atomic E-state index is 13.7. The highest BCUT2D eigenvalue weighted by Gasteiger charge is 2.34. The second kappa shape index (κ2) is 10.3. The lowest BCUT2D eigenvalue weighted by Gasteiger charge is -2.37. The summed E-state index contributed by atoms with van der Waals surface area (Å²) in [5.74, 6) is -0.186. The SMILES string of the molecule is COCCN(CC(=O)N1CCc2sccc2C1c1ccc(C)cc1)C(=O)c1ccccc1C. The number of ether oxygens (including phenoxy) is 1. The monoisotopic (exact) mass is 462 g/mol. The number of aryl methyl sites for hydroxylation is 2. The average molecular weight is 463 g/mol. The number of hydrogen-bond acceptors (Lipinski definition) is 4. The van der Waals surface area contributed by atoms with Gasteiger partial charge >= 0.3 is 0 Å². The summed E-state index contributed by atoms with van der Waals surface area (Å²) in [6.45, 7) is 5.39. The van der Waals surface area contributed by atoms with Crippen molar-refractivity contribution in [2.75, 3.05) is 33.4 Å². The number of thiophene rings is 1. The highest BCUT2D eigenvalue weighted by atomic mass is 32.1. The van der Waals surface area contributed by atoms with Crippen molar-refractivity contribution in [2.24, 2.45) is 0 Å². The first kappa shape index (κ1) is 23.2. The van der Waals surface area contributed by atoms with E-state index in [1.165, 1.54) is 16.0 Å². The average Bonchev–Trinajstić information content (AvgIpc) is 3.30. The summed E-state index contributed by atoms with van der Waals surface area (Å²) in [5, 5.41) is 2.10. The Balaban J connectivity index is 1.62.